The second-order valence-corrected chi connectivity index (χ2v) is 8.47. The van der Waals surface area contributed by atoms with Crippen molar-refractivity contribution < 1.29 is 13.2 Å². The molecule has 0 saturated carbocycles. The first-order chi connectivity index (χ1) is 12.3. The van der Waals surface area contributed by atoms with Gasteiger partial charge in [0.2, 0.25) is 0 Å². The molecule has 0 fully saturated rings. The Morgan fingerprint density at radius 3 is 2.27 bits per heavy atom. The quantitative estimate of drug-likeness (QED) is 0.687. The molecule has 1 heterocycles. The lowest BCUT2D eigenvalue weighted by Crippen LogP contribution is -2.14. The second-order valence-electron chi connectivity index (χ2n) is 6.78. The molecule has 2 rings (SSSR count). The van der Waals surface area contributed by atoms with Crippen LogP contribution in [0.3, 0.4) is 0 Å². The number of hydrogen-bond donors (Lipinski definition) is 2. The minimum absolute atomic E-state index is 0.0347. The van der Waals surface area contributed by atoms with Crippen LogP contribution in [-0.2, 0) is 10.0 Å². The number of benzene rings is 1. The van der Waals surface area contributed by atoms with E-state index < -0.39 is 10.0 Å². The van der Waals surface area contributed by atoms with Crippen LogP contribution in [0.15, 0.2) is 47.5 Å². The van der Waals surface area contributed by atoms with E-state index in [0.717, 1.165) is 18.7 Å². The minimum Gasteiger partial charge on any atom is -0.491 e. The fraction of sp³-hybridized carbons (Fsp3) is 0.421. The monoisotopic (exact) mass is 377 g/mol. The maximum absolute atomic E-state index is 12.5. The lowest BCUT2D eigenvalue weighted by atomic mass is 10.1. The van der Waals surface area contributed by atoms with E-state index in [1.165, 1.54) is 12.1 Å². The molecule has 0 saturated heterocycles. The first kappa shape index (κ1) is 20.0. The molecular weight excluding hydrogens is 350 g/mol. The van der Waals surface area contributed by atoms with Crippen LogP contribution in [0.25, 0.3) is 0 Å². The highest BCUT2D eigenvalue weighted by atomic mass is 32.2. The molecule has 0 atom stereocenters. The summed E-state index contributed by atoms with van der Waals surface area (Å²) in [7, 11) is -3.69. The van der Waals surface area contributed by atoms with Gasteiger partial charge in [0.25, 0.3) is 10.0 Å². The Labute approximate surface area is 156 Å². The average molecular weight is 378 g/mol. The summed E-state index contributed by atoms with van der Waals surface area (Å²) in [6.07, 6.45) is 2.72. The maximum Gasteiger partial charge on any atom is 0.263 e. The Hall–Kier alpha value is -2.28. The molecule has 0 aliphatic heterocycles. The molecule has 1 aromatic carbocycles. The predicted molar refractivity (Wildman–Crippen MR) is 105 cm³/mol. The van der Waals surface area contributed by atoms with Gasteiger partial charge >= 0.3 is 0 Å². The number of hydrogen-bond acceptors (Lipinski definition) is 5. The van der Waals surface area contributed by atoms with Crippen molar-refractivity contribution in [3.63, 3.8) is 0 Å². The Kier molecular flexibility index (Phi) is 6.85. The van der Waals surface area contributed by atoms with Crippen molar-refractivity contribution in [2.75, 3.05) is 16.6 Å². The summed E-state index contributed by atoms with van der Waals surface area (Å²) in [5.74, 6) is 1.54. The fourth-order valence-corrected chi connectivity index (χ4v) is 3.24. The molecule has 6 nitrogen and oxygen atoms in total. The number of nitrogens with one attached hydrogen (secondary N) is 2. The average Bonchev–Trinajstić information content (AvgIpc) is 2.56. The molecule has 2 aromatic rings. The van der Waals surface area contributed by atoms with Gasteiger partial charge < -0.3 is 10.1 Å². The van der Waals surface area contributed by atoms with Crippen LogP contribution in [0, 0.1) is 5.92 Å². The zero-order valence-corrected chi connectivity index (χ0v) is 16.5. The zero-order valence-electron chi connectivity index (χ0n) is 15.7. The van der Waals surface area contributed by atoms with E-state index in [2.05, 4.69) is 28.9 Å². The smallest absolute Gasteiger partial charge is 0.263 e. The fourth-order valence-electron chi connectivity index (χ4n) is 2.23. The van der Waals surface area contributed by atoms with Gasteiger partial charge in [0.15, 0.2) is 0 Å². The molecule has 0 amide bonds. The van der Waals surface area contributed by atoms with Gasteiger partial charge in [0.1, 0.15) is 11.6 Å². The summed E-state index contributed by atoms with van der Waals surface area (Å²) >= 11 is 0. The van der Waals surface area contributed by atoms with Gasteiger partial charge in [-0.2, -0.15) is 0 Å². The number of anilines is 2. The Morgan fingerprint density at radius 2 is 1.73 bits per heavy atom. The topological polar surface area (TPSA) is 80.3 Å². The molecular formula is C19H27N3O3S. The van der Waals surface area contributed by atoms with Crippen molar-refractivity contribution >= 4 is 21.5 Å². The molecule has 142 valence electrons. The number of pyridine rings is 1. The maximum atomic E-state index is 12.5. The van der Waals surface area contributed by atoms with Gasteiger partial charge in [0.05, 0.1) is 22.9 Å². The van der Waals surface area contributed by atoms with Crippen molar-refractivity contribution in [1.82, 2.24) is 4.98 Å². The largest absolute Gasteiger partial charge is 0.491 e. The molecule has 0 spiro atoms. The van der Waals surface area contributed by atoms with E-state index in [4.69, 9.17) is 4.74 Å². The van der Waals surface area contributed by atoms with E-state index in [-0.39, 0.29) is 16.8 Å². The molecule has 2 N–H and O–H groups in total. The number of ether oxygens (including phenoxy) is 1. The van der Waals surface area contributed by atoms with Crippen LogP contribution in [0.2, 0.25) is 0 Å². The Bertz CT molecular complexity index is 786. The van der Waals surface area contributed by atoms with Gasteiger partial charge in [-0.05, 0) is 62.6 Å². The summed E-state index contributed by atoms with van der Waals surface area (Å²) in [5.41, 5.74) is 0.865. The highest BCUT2D eigenvalue weighted by Gasteiger charge is 2.15. The van der Waals surface area contributed by atoms with Crippen LogP contribution in [-0.4, -0.2) is 26.1 Å². The van der Waals surface area contributed by atoms with E-state index >= 15 is 0 Å². The van der Waals surface area contributed by atoms with E-state index in [0.29, 0.717) is 11.7 Å². The zero-order chi connectivity index (χ0) is 19.2. The van der Waals surface area contributed by atoms with Crippen LogP contribution < -0.4 is 14.8 Å². The number of aromatic nitrogens is 1. The highest BCUT2D eigenvalue weighted by molar-refractivity contribution is 7.92. The summed E-state index contributed by atoms with van der Waals surface area (Å²) in [6.45, 7) is 9.02. The molecule has 1 aromatic heterocycles. The third-order valence-electron chi connectivity index (χ3n) is 3.56. The lowest BCUT2D eigenvalue weighted by molar-refractivity contribution is 0.242. The molecule has 0 bridgehead atoms. The van der Waals surface area contributed by atoms with Crippen LogP contribution in [0.5, 0.6) is 5.75 Å². The first-order valence-corrected chi connectivity index (χ1v) is 10.2. The van der Waals surface area contributed by atoms with Gasteiger partial charge in [-0.1, -0.05) is 13.8 Å². The standard InChI is InChI=1S/C19H27N3O3S/c1-14(2)11-12-20-16-5-10-19(21-13-16)22-26(23,24)18-8-6-17(7-9-18)25-15(3)4/h5-10,13-15,20H,11-12H2,1-4H3,(H,21,22). The van der Waals surface area contributed by atoms with Gasteiger partial charge in [0, 0.05) is 6.54 Å². The number of rotatable bonds is 9. The van der Waals surface area contributed by atoms with Crippen LogP contribution in [0.4, 0.5) is 11.5 Å². The third-order valence-corrected chi connectivity index (χ3v) is 4.93. The lowest BCUT2D eigenvalue weighted by Gasteiger charge is -2.12. The summed E-state index contributed by atoms with van der Waals surface area (Å²) in [5, 5.41) is 3.27. The number of nitrogens with zero attached hydrogens (tertiary/aromatic N) is 1. The normalized spacial score (nSPS) is 11.6. The molecule has 7 heteroatoms. The molecule has 0 radical (unpaired) electrons. The first-order valence-electron chi connectivity index (χ1n) is 8.76. The van der Waals surface area contributed by atoms with Crippen molar-refractivity contribution in [2.24, 2.45) is 5.92 Å². The molecule has 0 aliphatic rings. The number of sulfonamides is 1. The minimum atomic E-state index is -3.69. The third kappa shape index (κ3) is 6.22. The van der Waals surface area contributed by atoms with E-state index in [1.54, 1.807) is 24.4 Å². The SMILES string of the molecule is CC(C)CCNc1ccc(NS(=O)(=O)c2ccc(OC(C)C)cc2)nc1. The van der Waals surface area contributed by atoms with Gasteiger partial charge in [-0.15, -0.1) is 0 Å². The van der Waals surface area contributed by atoms with Crippen molar-refractivity contribution in [2.45, 2.75) is 45.1 Å². The van der Waals surface area contributed by atoms with Gasteiger partial charge in [-0.25, -0.2) is 13.4 Å². The molecule has 0 unspecified atom stereocenters. The predicted octanol–water partition coefficient (Wildman–Crippen LogP) is 4.13. The van der Waals surface area contributed by atoms with Crippen molar-refractivity contribution in [1.29, 1.82) is 0 Å². The summed E-state index contributed by atoms with van der Waals surface area (Å²) in [4.78, 5) is 4.33. The Morgan fingerprint density at radius 1 is 1.04 bits per heavy atom. The summed E-state index contributed by atoms with van der Waals surface area (Å²) in [6, 6.07) is 9.77. The highest BCUT2D eigenvalue weighted by Crippen LogP contribution is 2.20. The van der Waals surface area contributed by atoms with Crippen molar-refractivity contribution in [3.05, 3.63) is 42.6 Å². The summed E-state index contributed by atoms with van der Waals surface area (Å²) < 4.78 is 32.9. The Balaban J connectivity index is 2.00. The van der Waals surface area contributed by atoms with E-state index in [1.807, 2.05) is 19.9 Å². The van der Waals surface area contributed by atoms with Crippen LogP contribution in [0.1, 0.15) is 34.1 Å². The van der Waals surface area contributed by atoms with E-state index in [9.17, 15) is 8.42 Å². The van der Waals surface area contributed by atoms with Crippen LogP contribution >= 0.6 is 0 Å². The molecule has 0 aliphatic carbocycles. The second kappa shape index (κ2) is 8.89. The molecule has 26 heavy (non-hydrogen) atoms. The van der Waals surface area contributed by atoms with Crippen molar-refractivity contribution in [3.8, 4) is 5.75 Å². The van der Waals surface area contributed by atoms with Gasteiger partial charge in [-0.3, -0.25) is 4.72 Å².